The highest BCUT2D eigenvalue weighted by Gasteiger charge is 2.42. The van der Waals surface area contributed by atoms with E-state index in [1.54, 1.807) is 0 Å². The van der Waals surface area contributed by atoms with Gasteiger partial charge in [-0.15, -0.1) is 0 Å². The Labute approximate surface area is 179 Å². The van der Waals surface area contributed by atoms with Crippen LogP contribution in [0.15, 0.2) is 12.1 Å². The van der Waals surface area contributed by atoms with E-state index >= 15 is 0 Å². The van der Waals surface area contributed by atoms with Crippen molar-refractivity contribution < 1.29 is 19.4 Å². The zero-order valence-electron chi connectivity index (χ0n) is 18.4. The fraction of sp³-hybridized carbons (Fsp3) is 0.708. The van der Waals surface area contributed by atoms with Gasteiger partial charge in [0, 0.05) is 23.8 Å². The van der Waals surface area contributed by atoms with Gasteiger partial charge in [0.05, 0.1) is 5.92 Å². The number of hydrogen-bond donors (Lipinski definition) is 3. The Kier molecular flexibility index (Phi) is 5.88. The molecule has 1 aliphatic heterocycles. The van der Waals surface area contributed by atoms with Crippen molar-refractivity contribution in [3.63, 3.8) is 0 Å². The van der Waals surface area contributed by atoms with Gasteiger partial charge in [-0.2, -0.15) is 0 Å². The van der Waals surface area contributed by atoms with E-state index in [4.69, 9.17) is 15.2 Å². The molecule has 166 valence electrons. The van der Waals surface area contributed by atoms with Crippen molar-refractivity contribution in [2.24, 2.45) is 17.8 Å². The van der Waals surface area contributed by atoms with Gasteiger partial charge >= 0.3 is 5.97 Å². The van der Waals surface area contributed by atoms with Crippen LogP contribution in [0.2, 0.25) is 0 Å². The minimum Gasteiger partial charge on any atom is -0.481 e. The van der Waals surface area contributed by atoms with Crippen LogP contribution < -0.4 is 20.5 Å². The second-order valence-electron chi connectivity index (χ2n) is 10.2. The molecule has 3 atom stereocenters. The Bertz CT molecular complexity index is 788. The molecule has 0 saturated heterocycles. The molecule has 4 rings (SSSR count). The van der Waals surface area contributed by atoms with Crippen molar-refractivity contribution in [3.8, 4) is 11.5 Å². The van der Waals surface area contributed by atoms with Crippen LogP contribution in [-0.2, 0) is 10.2 Å². The maximum atomic E-state index is 11.3. The molecule has 0 radical (unpaired) electrons. The third kappa shape index (κ3) is 4.11. The highest BCUT2D eigenvalue weighted by Crippen LogP contribution is 2.48. The molecule has 6 nitrogen and oxygen atoms in total. The number of fused-ring (bicyclic) bond motifs is 1. The Morgan fingerprint density at radius 3 is 2.47 bits per heavy atom. The first-order valence-corrected chi connectivity index (χ1v) is 11.5. The van der Waals surface area contributed by atoms with Gasteiger partial charge in [-0.3, -0.25) is 4.79 Å². The van der Waals surface area contributed by atoms with Crippen LogP contribution in [0.3, 0.4) is 0 Å². The van der Waals surface area contributed by atoms with E-state index in [1.165, 1.54) is 0 Å². The zero-order chi connectivity index (χ0) is 21.5. The highest BCUT2D eigenvalue weighted by atomic mass is 16.7. The Balaban J connectivity index is 1.51. The molecular formula is C24H36N2O4. The topological polar surface area (TPSA) is 93.8 Å². The largest absolute Gasteiger partial charge is 0.481 e. The molecule has 30 heavy (non-hydrogen) atoms. The van der Waals surface area contributed by atoms with Gasteiger partial charge in [-0.1, -0.05) is 20.8 Å². The number of rotatable bonds is 5. The third-order valence-electron chi connectivity index (χ3n) is 7.79. The molecule has 0 bridgehead atoms. The lowest BCUT2D eigenvalue weighted by atomic mass is 9.63. The average Bonchev–Trinajstić information content (AvgIpc) is 3.15. The van der Waals surface area contributed by atoms with E-state index in [9.17, 15) is 9.90 Å². The van der Waals surface area contributed by atoms with Crippen LogP contribution in [0.25, 0.3) is 0 Å². The normalized spacial score (nSPS) is 33.6. The van der Waals surface area contributed by atoms with E-state index in [-0.39, 0.29) is 18.1 Å². The van der Waals surface area contributed by atoms with E-state index < -0.39 is 5.97 Å². The molecule has 1 aromatic carbocycles. The molecule has 2 aliphatic carbocycles. The van der Waals surface area contributed by atoms with E-state index in [0.717, 1.165) is 67.7 Å². The van der Waals surface area contributed by atoms with Gasteiger partial charge in [0.1, 0.15) is 0 Å². The summed E-state index contributed by atoms with van der Waals surface area (Å²) in [6.45, 7) is 7.22. The van der Waals surface area contributed by atoms with Crippen LogP contribution in [-0.4, -0.2) is 30.0 Å². The predicted molar refractivity (Wildman–Crippen MR) is 117 cm³/mol. The van der Waals surface area contributed by atoms with Crippen molar-refractivity contribution in [1.29, 1.82) is 0 Å². The smallest absolute Gasteiger partial charge is 0.306 e. The van der Waals surface area contributed by atoms with Crippen LogP contribution in [0, 0.1) is 17.8 Å². The van der Waals surface area contributed by atoms with Crippen LogP contribution in [0.5, 0.6) is 11.5 Å². The second kappa shape index (κ2) is 8.29. The molecule has 3 unspecified atom stereocenters. The van der Waals surface area contributed by atoms with Crippen molar-refractivity contribution in [2.75, 3.05) is 12.5 Å². The number of ether oxygens (including phenoxy) is 2. The summed E-state index contributed by atoms with van der Waals surface area (Å²) in [4.78, 5) is 11.3. The summed E-state index contributed by atoms with van der Waals surface area (Å²) in [5, 5.41) is 13.3. The molecule has 6 heteroatoms. The van der Waals surface area contributed by atoms with Gasteiger partial charge in [0.15, 0.2) is 11.5 Å². The average molecular weight is 417 g/mol. The van der Waals surface area contributed by atoms with E-state index in [0.29, 0.717) is 23.9 Å². The van der Waals surface area contributed by atoms with Crippen LogP contribution >= 0.6 is 0 Å². The van der Waals surface area contributed by atoms with Crippen molar-refractivity contribution in [2.45, 2.75) is 83.2 Å². The number of anilines is 1. The van der Waals surface area contributed by atoms with Crippen molar-refractivity contribution in [1.82, 2.24) is 5.32 Å². The van der Waals surface area contributed by atoms with E-state index in [1.807, 2.05) is 6.07 Å². The van der Waals surface area contributed by atoms with Crippen LogP contribution in [0.1, 0.15) is 71.3 Å². The number of nitrogen functional groups attached to an aromatic ring is 1. The van der Waals surface area contributed by atoms with Crippen molar-refractivity contribution >= 4 is 11.7 Å². The maximum absolute atomic E-state index is 11.3. The fourth-order valence-corrected chi connectivity index (χ4v) is 5.94. The third-order valence-corrected chi connectivity index (χ3v) is 7.79. The molecule has 4 N–H and O–H groups in total. The number of nitrogens with two attached hydrogens (primary N) is 1. The first-order valence-electron chi connectivity index (χ1n) is 11.5. The van der Waals surface area contributed by atoms with Gasteiger partial charge in [0.2, 0.25) is 6.79 Å². The van der Waals surface area contributed by atoms with Gasteiger partial charge in [-0.25, -0.2) is 0 Å². The van der Waals surface area contributed by atoms with Gasteiger partial charge in [-0.05, 0) is 73.8 Å². The summed E-state index contributed by atoms with van der Waals surface area (Å²) >= 11 is 0. The number of hydrogen-bond acceptors (Lipinski definition) is 5. The van der Waals surface area contributed by atoms with Crippen molar-refractivity contribution in [3.05, 3.63) is 17.7 Å². The Morgan fingerprint density at radius 2 is 1.83 bits per heavy atom. The molecule has 2 fully saturated rings. The number of aliphatic carboxylic acids is 1. The lowest BCUT2D eigenvalue weighted by Gasteiger charge is -2.47. The number of carbonyl (C=O) groups is 1. The lowest BCUT2D eigenvalue weighted by molar-refractivity contribution is -0.142. The number of benzene rings is 1. The predicted octanol–water partition coefficient (Wildman–Crippen LogP) is 4.31. The summed E-state index contributed by atoms with van der Waals surface area (Å²) in [6.07, 6.45) is 6.73. The maximum Gasteiger partial charge on any atom is 0.306 e. The minimum absolute atomic E-state index is 0.0214. The Hall–Kier alpha value is -1.95. The summed E-state index contributed by atoms with van der Waals surface area (Å²) in [6, 6.07) is 4.80. The quantitative estimate of drug-likeness (QED) is 0.619. The standard InChI is InChI=1S/C24H36N2O4/c1-14(2)17-8-9-24(3,18-10-21-22(11-19(18)25)30-13-29-21)12-20(17)26-16-6-4-15(5-7-16)23(27)28/h10-11,14-17,20,26H,4-9,12-13,25H2,1-3H3,(H,27,28)/t15-,16-,17?,20?,24?. The van der Waals surface area contributed by atoms with Crippen LogP contribution in [0.4, 0.5) is 5.69 Å². The molecular weight excluding hydrogens is 380 g/mol. The molecule has 1 aromatic rings. The Morgan fingerprint density at radius 1 is 1.17 bits per heavy atom. The summed E-state index contributed by atoms with van der Waals surface area (Å²) in [5.74, 6) is 1.94. The molecule has 0 spiro atoms. The number of carboxylic acid groups (broad SMARTS) is 1. The van der Waals surface area contributed by atoms with Gasteiger partial charge < -0.3 is 25.6 Å². The lowest BCUT2D eigenvalue weighted by Crippen LogP contribution is -2.52. The number of carboxylic acids is 1. The highest BCUT2D eigenvalue weighted by molar-refractivity contribution is 5.70. The first kappa shape index (κ1) is 21.3. The molecule has 0 amide bonds. The SMILES string of the molecule is CC(C)C1CCC(C)(c2cc3c(cc2N)OCO3)CC1N[C@H]1CC[C@H](C(=O)O)CC1. The number of nitrogens with one attached hydrogen (secondary N) is 1. The fourth-order valence-electron chi connectivity index (χ4n) is 5.94. The zero-order valence-corrected chi connectivity index (χ0v) is 18.4. The summed E-state index contributed by atoms with van der Waals surface area (Å²) in [5.41, 5.74) is 8.39. The molecule has 0 aromatic heterocycles. The molecule has 2 saturated carbocycles. The second-order valence-corrected chi connectivity index (χ2v) is 10.2. The van der Waals surface area contributed by atoms with Gasteiger partial charge in [0.25, 0.3) is 0 Å². The molecule has 3 aliphatic rings. The first-order chi connectivity index (χ1) is 14.3. The summed E-state index contributed by atoms with van der Waals surface area (Å²) < 4.78 is 11.1. The molecule has 1 heterocycles. The minimum atomic E-state index is -0.642. The van der Waals surface area contributed by atoms with E-state index in [2.05, 4.69) is 32.2 Å². The summed E-state index contributed by atoms with van der Waals surface area (Å²) in [7, 11) is 0. The monoisotopic (exact) mass is 416 g/mol.